The van der Waals surface area contributed by atoms with E-state index in [9.17, 15) is 9.59 Å². The second-order valence-electron chi connectivity index (χ2n) is 3.91. The summed E-state index contributed by atoms with van der Waals surface area (Å²) in [7, 11) is 0. The van der Waals surface area contributed by atoms with Crippen molar-refractivity contribution in [1.29, 1.82) is 0 Å². The van der Waals surface area contributed by atoms with Gasteiger partial charge in [-0.1, -0.05) is 24.1 Å². The largest absolute Gasteiger partial charge is 0.442 e. The molecule has 3 heteroatoms. The summed E-state index contributed by atoms with van der Waals surface area (Å²) in [5.41, 5.74) is 0.0103. The molecule has 1 unspecified atom stereocenters. The highest BCUT2D eigenvalue weighted by molar-refractivity contribution is 5.94. The van der Waals surface area contributed by atoms with Crippen molar-refractivity contribution in [3.05, 3.63) is 35.4 Å². The van der Waals surface area contributed by atoms with E-state index in [1.165, 1.54) is 13.8 Å². The molecule has 0 aliphatic carbocycles. The highest BCUT2D eigenvalue weighted by Gasteiger charge is 2.27. The molecule has 1 aromatic rings. The summed E-state index contributed by atoms with van der Waals surface area (Å²) in [4.78, 5) is 22.3. The minimum atomic E-state index is -1.14. The molecule has 0 aromatic heterocycles. The molecule has 0 aliphatic rings. The van der Waals surface area contributed by atoms with E-state index >= 15 is 0 Å². The lowest BCUT2D eigenvalue weighted by molar-refractivity contribution is -0.151. The Balaban J connectivity index is 3.21. The number of esters is 1. The van der Waals surface area contributed by atoms with E-state index in [0.29, 0.717) is 11.1 Å². The van der Waals surface area contributed by atoms with Crippen LogP contribution in [0.2, 0.25) is 0 Å². The fourth-order valence-corrected chi connectivity index (χ4v) is 1.49. The third kappa shape index (κ3) is 2.94. The molecule has 0 N–H and O–H groups in total. The van der Waals surface area contributed by atoms with E-state index in [-0.39, 0.29) is 5.78 Å². The number of benzene rings is 1. The first-order chi connectivity index (χ1) is 7.89. The number of hydrogen-bond acceptors (Lipinski definition) is 3. The Kier molecular flexibility index (Phi) is 3.69. The van der Waals surface area contributed by atoms with E-state index in [2.05, 4.69) is 5.92 Å². The highest BCUT2D eigenvalue weighted by atomic mass is 16.6. The summed E-state index contributed by atoms with van der Waals surface area (Å²) in [5.74, 6) is 1.92. The lowest BCUT2D eigenvalue weighted by Gasteiger charge is -2.24. The lowest BCUT2D eigenvalue weighted by Crippen LogP contribution is -2.26. The van der Waals surface area contributed by atoms with Crippen molar-refractivity contribution in [3.8, 4) is 12.3 Å². The molecule has 0 radical (unpaired) electrons. The van der Waals surface area contributed by atoms with Gasteiger partial charge >= 0.3 is 5.97 Å². The number of terminal acetylenes is 1. The van der Waals surface area contributed by atoms with Crippen molar-refractivity contribution in [1.82, 2.24) is 0 Å². The Hall–Kier alpha value is -2.08. The maximum atomic E-state index is 11.3. The Bertz CT molecular complexity index is 496. The monoisotopic (exact) mass is 230 g/mol. The van der Waals surface area contributed by atoms with Gasteiger partial charge in [-0.3, -0.25) is 9.59 Å². The van der Waals surface area contributed by atoms with Crippen molar-refractivity contribution in [2.45, 2.75) is 26.4 Å². The number of hydrogen-bond donors (Lipinski definition) is 0. The standard InChI is InChI=1S/C14H14O3/c1-5-14(4,17-11(3)16)13-8-6-7-12(9-13)10(2)15/h1,6-9H,2-4H3. The van der Waals surface area contributed by atoms with Crippen LogP contribution >= 0.6 is 0 Å². The molecule has 1 aromatic carbocycles. The van der Waals surface area contributed by atoms with Crippen LogP contribution in [0.1, 0.15) is 36.7 Å². The zero-order valence-corrected chi connectivity index (χ0v) is 10.1. The third-order valence-corrected chi connectivity index (χ3v) is 2.44. The number of Topliss-reactive ketones (excluding diaryl/α,β-unsaturated/α-hetero) is 1. The first-order valence-electron chi connectivity index (χ1n) is 5.18. The summed E-state index contributed by atoms with van der Waals surface area (Å²) in [6, 6.07) is 6.78. The number of ether oxygens (including phenoxy) is 1. The molecule has 1 rings (SSSR count). The fraction of sp³-hybridized carbons (Fsp3) is 0.286. The van der Waals surface area contributed by atoms with Crippen LogP contribution in [0.25, 0.3) is 0 Å². The second-order valence-corrected chi connectivity index (χ2v) is 3.91. The molecule has 88 valence electrons. The van der Waals surface area contributed by atoms with Crippen molar-refractivity contribution >= 4 is 11.8 Å². The van der Waals surface area contributed by atoms with Crippen molar-refractivity contribution < 1.29 is 14.3 Å². The van der Waals surface area contributed by atoms with Gasteiger partial charge in [0, 0.05) is 18.1 Å². The van der Waals surface area contributed by atoms with E-state index < -0.39 is 11.6 Å². The lowest BCUT2D eigenvalue weighted by atomic mass is 9.94. The highest BCUT2D eigenvalue weighted by Crippen LogP contribution is 2.25. The predicted octanol–water partition coefficient (Wildman–Crippen LogP) is 2.30. The van der Waals surface area contributed by atoms with Crippen LogP contribution in [-0.4, -0.2) is 11.8 Å². The van der Waals surface area contributed by atoms with Crippen LogP contribution in [0.15, 0.2) is 24.3 Å². The van der Waals surface area contributed by atoms with Gasteiger partial charge < -0.3 is 4.74 Å². The van der Waals surface area contributed by atoms with Gasteiger partial charge in [-0.2, -0.15) is 0 Å². The number of carbonyl (C=O) groups is 2. The van der Waals surface area contributed by atoms with Gasteiger partial charge in [-0.25, -0.2) is 0 Å². The van der Waals surface area contributed by atoms with Gasteiger partial charge in [0.1, 0.15) is 0 Å². The smallest absolute Gasteiger partial charge is 0.304 e. The summed E-state index contributed by atoms with van der Waals surface area (Å²) < 4.78 is 5.12. The van der Waals surface area contributed by atoms with E-state index in [1.807, 2.05) is 0 Å². The van der Waals surface area contributed by atoms with Crippen LogP contribution < -0.4 is 0 Å². The van der Waals surface area contributed by atoms with Crippen LogP contribution in [0, 0.1) is 12.3 Å². The molecule has 0 saturated carbocycles. The fourth-order valence-electron chi connectivity index (χ4n) is 1.49. The molecule has 3 nitrogen and oxygen atoms in total. The molecule has 0 aliphatic heterocycles. The van der Waals surface area contributed by atoms with Gasteiger partial charge in [0.2, 0.25) is 0 Å². The Labute approximate surface area is 101 Å². The average Bonchev–Trinajstić information content (AvgIpc) is 2.28. The molecule has 0 heterocycles. The van der Waals surface area contributed by atoms with Crippen molar-refractivity contribution in [2.75, 3.05) is 0 Å². The topological polar surface area (TPSA) is 43.4 Å². The quantitative estimate of drug-likeness (QED) is 0.454. The van der Waals surface area contributed by atoms with Crippen LogP contribution in [0.3, 0.4) is 0 Å². The number of ketones is 1. The molecule has 0 bridgehead atoms. The Morgan fingerprint density at radius 3 is 2.47 bits per heavy atom. The molecule has 0 spiro atoms. The number of carbonyl (C=O) groups excluding carboxylic acids is 2. The first kappa shape index (κ1) is 13.0. The van der Waals surface area contributed by atoms with Crippen molar-refractivity contribution in [3.63, 3.8) is 0 Å². The molecule has 0 fully saturated rings. The average molecular weight is 230 g/mol. The minimum absolute atomic E-state index is 0.0611. The molecule has 0 amide bonds. The minimum Gasteiger partial charge on any atom is -0.442 e. The van der Waals surface area contributed by atoms with Crippen LogP contribution in [0.4, 0.5) is 0 Å². The SMILES string of the molecule is C#CC(C)(OC(C)=O)c1cccc(C(C)=O)c1. The number of rotatable bonds is 3. The van der Waals surface area contributed by atoms with Crippen LogP contribution in [0.5, 0.6) is 0 Å². The molecule has 0 saturated heterocycles. The maximum absolute atomic E-state index is 11.3. The normalized spacial score (nSPS) is 13.3. The van der Waals surface area contributed by atoms with E-state index in [0.717, 1.165) is 0 Å². The maximum Gasteiger partial charge on any atom is 0.304 e. The summed E-state index contributed by atoms with van der Waals surface area (Å²) >= 11 is 0. The molecular weight excluding hydrogens is 216 g/mol. The van der Waals surface area contributed by atoms with Gasteiger partial charge in [0.05, 0.1) is 0 Å². The molecular formula is C14H14O3. The summed E-state index contributed by atoms with van der Waals surface area (Å²) in [5, 5.41) is 0. The van der Waals surface area contributed by atoms with E-state index in [1.54, 1.807) is 31.2 Å². The second kappa shape index (κ2) is 4.84. The molecule has 1 atom stereocenters. The Morgan fingerprint density at radius 2 is 2.00 bits per heavy atom. The molecule has 17 heavy (non-hydrogen) atoms. The third-order valence-electron chi connectivity index (χ3n) is 2.44. The van der Waals surface area contributed by atoms with Crippen LogP contribution in [-0.2, 0) is 15.1 Å². The zero-order valence-electron chi connectivity index (χ0n) is 10.1. The van der Waals surface area contributed by atoms with Gasteiger partial charge in [-0.15, -0.1) is 6.42 Å². The zero-order chi connectivity index (χ0) is 13.1. The first-order valence-corrected chi connectivity index (χ1v) is 5.18. The van der Waals surface area contributed by atoms with Gasteiger partial charge in [0.25, 0.3) is 0 Å². The Morgan fingerprint density at radius 1 is 1.35 bits per heavy atom. The van der Waals surface area contributed by atoms with Gasteiger partial charge in [-0.05, 0) is 19.9 Å². The van der Waals surface area contributed by atoms with E-state index in [4.69, 9.17) is 11.2 Å². The predicted molar refractivity (Wildman–Crippen MR) is 64.4 cm³/mol. The van der Waals surface area contributed by atoms with Crippen molar-refractivity contribution in [2.24, 2.45) is 0 Å². The van der Waals surface area contributed by atoms with Gasteiger partial charge in [0.15, 0.2) is 11.4 Å². The summed E-state index contributed by atoms with van der Waals surface area (Å²) in [6.07, 6.45) is 5.40. The summed E-state index contributed by atoms with van der Waals surface area (Å²) in [6.45, 7) is 4.39.